The first kappa shape index (κ1) is 16.2. The highest BCUT2D eigenvalue weighted by atomic mass is 19.3. The van der Waals surface area contributed by atoms with Crippen molar-refractivity contribution in [2.45, 2.75) is 56.7 Å². The van der Waals surface area contributed by atoms with E-state index in [9.17, 15) is 13.6 Å². The van der Waals surface area contributed by atoms with Gasteiger partial charge in [0.1, 0.15) is 6.61 Å². The molecular weight excluding hydrogens is 306 g/mol. The number of carbonyl (C=O) groups is 1. The Bertz CT molecular complexity index is 553. The number of alkyl halides is 2. The molecule has 2 fully saturated rings. The second kappa shape index (κ2) is 6.43. The number of primary amides is 1. The van der Waals surface area contributed by atoms with E-state index in [1.807, 2.05) is 10.9 Å². The average Bonchev–Trinajstić information content (AvgIpc) is 3.14. The van der Waals surface area contributed by atoms with Gasteiger partial charge in [-0.25, -0.2) is 13.6 Å². The van der Waals surface area contributed by atoms with E-state index in [0.29, 0.717) is 12.8 Å². The van der Waals surface area contributed by atoms with Gasteiger partial charge in [0.25, 0.3) is 0 Å². The molecule has 2 heterocycles. The summed E-state index contributed by atoms with van der Waals surface area (Å²) in [6.45, 7) is 1.85. The minimum Gasteiger partial charge on any atom is -0.445 e. The van der Waals surface area contributed by atoms with Crippen LogP contribution in [0.4, 0.5) is 13.6 Å². The van der Waals surface area contributed by atoms with Gasteiger partial charge in [0.2, 0.25) is 5.92 Å². The summed E-state index contributed by atoms with van der Waals surface area (Å²) >= 11 is 0. The predicted molar refractivity (Wildman–Crippen MR) is 79.0 cm³/mol. The lowest BCUT2D eigenvalue weighted by Gasteiger charge is -2.34. The van der Waals surface area contributed by atoms with Crippen LogP contribution in [-0.4, -0.2) is 45.8 Å². The van der Waals surface area contributed by atoms with Gasteiger partial charge in [0.15, 0.2) is 0 Å². The fourth-order valence-corrected chi connectivity index (χ4v) is 3.51. The maximum absolute atomic E-state index is 13.3. The van der Waals surface area contributed by atoms with Crippen molar-refractivity contribution < 1.29 is 18.3 Å². The highest BCUT2D eigenvalue weighted by Gasteiger charge is 2.39. The number of rotatable bonds is 4. The first-order valence-electron chi connectivity index (χ1n) is 8.00. The van der Waals surface area contributed by atoms with Gasteiger partial charge in [0, 0.05) is 43.7 Å². The summed E-state index contributed by atoms with van der Waals surface area (Å²) in [5.74, 6) is -2.48. The number of hydrogen-bond donors (Lipinski definition) is 1. The standard InChI is InChI=1S/C15H22F2N4O2/c16-15(17)4-1-12(2-5-15)20-6-3-13(9-20)21-8-11(7-19-21)10-23-14(18)22/h7-8,12-13H,1-6,9-10H2,(H2,18,22). The van der Waals surface area contributed by atoms with Crippen molar-refractivity contribution in [1.82, 2.24) is 14.7 Å². The third-order valence-corrected chi connectivity index (χ3v) is 4.81. The molecule has 1 aliphatic heterocycles. The molecule has 1 atom stereocenters. The van der Waals surface area contributed by atoms with Crippen molar-refractivity contribution in [2.24, 2.45) is 5.73 Å². The molecule has 1 aromatic heterocycles. The van der Waals surface area contributed by atoms with Gasteiger partial charge < -0.3 is 10.5 Å². The summed E-state index contributed by atoms with van der Waals surface area (Å²) in [7, 11) is 0. The third kappa shape index (κ3) is 3.99. The Balaban J connectivity index is 1.52. The number of hydrogen-bond acceptors (Lipinski definition) is 4. The molecule has 6 nitrogen and oxygen atoms in total. The molecule has 0 spiro atoms. The monoisotopic (exact) mass is 328 g/mol. The number of aromatic nitrogens is 2. The Morgan fingerprint density at radius 1 is 1.35 bits per heavy atom. The summed E-state index contributed by atoms with van der Waals surface area (Å²) in [6.07, 6.45) is 4.78. The lowest BCUT2D eigenvalue weighted by Crippen LogP contribution is -2.39. The molecule has 8 heteroatoms. The van der Waals surface area contributed by atoms with Gasteiger partial charge in [-0.3, -0.25) is 9.58 Å². The molecule has 0 aromatic carbocycles. The summed E-state index contributed by atoms with van der Waals surface area (Å²) in [6, 6.07) is 0.493. The minimum atomic E-state index is -2.48. The van der Waals surface area contributed by atoms with E-state index in [1.165, 1.54) is 0 Å². The van der Waals surface area contributed by atoms with Crippen molar-refractivity contribution in [2.75, 3.05) is 13.1 Å². The first-order chi connectivity index (χ1) is 10.9. The van der Waals surface area contributed by atoms with Crippen molar-refractivity contribution in [3.63, 3.8) is 0 Å². The van der Waals surface area contributed by atoms with Crippen LogP contribution in [0.1, 0.15) is 43.7 Å². The molecule has 128 valence electrons. The Kier molecular flexibility index (Phi) is 4.52. The Morgan fingerprint density at radius 2 is 2.09 bits per heavy atom. The zero-order chi connectivity index (χ0) is 16.4. The number of amides is 1. The molecule has 2 N–H and O–H groups in total. The van der Waals surface area contributed by atoms with Gasteiger partial charge in [-0.05, 0) is 19.3 Å². The average molecular weight is 328 g/mol. The lowest BCUT2D eigenvalue weighted by atomic mass is 9.91. The zero-order valence-corrected chi connectivity index (χ0v) is 13.0. The Morgan fingerprint density at radius 3 is 2.78 bits per heavy atom. The van der Waals surface area contributed by atoms with Crippen LogP contribution >= 0.6 is 0 Å². The normalized spacial score (nSPS) is 25.6. The molecule has 1 aromatic rings. The highest BCUT2D eigenvalue weighted by Crippen LogP contribution is 2.37. The highest BCUT2D eigenvalue weighted by molar-refractivity contribution is 5.64. The molecule has 1 saturated heterocycles. The SMILES string of the molecule is NC(=O)OCc1cnn(C2CCN(C3CCC(F)(F)CC3)C2)c1. The van der Waals surface area contributed by atoms with Crippen LogP contribution in [-0.2, 0) is 11.3 Å². The predicted octanol–water partition coefficient (Wildman–Crippen LogP) is 2.30. The van der Waals surface area contributed by atoms with E-state index in [-0.39, 0.29) is 31.5 Å². The maximum Gasteiger partial charge on any atom is 0.404 e. The van der Waals surface area contributed by atoms with E-state index in [0.717, 1.165) is 25.1 Å². The van der Waals surface area contributed by atoms with Crippen molar-refractivity contribution in [3.05, 3.63) is 18.0 Å². The molecule has 23 heavy (non-hydrogen) atoms. The molecule has 1 amide bonds. The number of halogens is 2. The van der Waals surface area contributed by atoms with E-state index in [4.69, 9.17) is 10.5 Å². The third-order valence-electron chi connectivity index (χ3n) is 4.81. The fourth-order valence-electron chi connectivity index (χ4n) is 3.51. The largest absolute Gasteiger partial charge is 0.445 e. The van der Waals surface area contributed by atoms with Crippen LogP contribution in [0.5, 0.6) is 0 Å². The van der Waals surface area contributed by atoms with Crippen molar-refractivity contribution in [3.8, 4) is 0 Å². The first-order valence-corrected chi connectivity index (χ1v) is 8.00. The number of nitrogens with zero attached hydrogens (tertiary/aromatic N) is 3. The van der Waals surface area contributed by atoms with Crippen LogP contribution in [0.2, 0.25) is 0 Å². The quantitative estimate of drug-likeness (QED) is 0.920. The van der Waals surface area contributed by atoms with Crippen molar-refractivity contribution >= 4 is 6.09 Å². The second-order valence-corrected chi connectivity index (χ2v) is 6.46. The molecule has 3 rings (SSSR count). The zero-order valence-electron chi connectivity index (χ0n) is 13.0. The molecule has 2 aliphatic rings. The number of ether oxygens (including phenoxy) is 1. The Hall–Kier alpha value is -1.70. The van der Waals surface area contributed by atoms with E-state index in [2.05, 4.69) is 10.00 Å². The molecule has 1 unspecified atom stereocenters. The molecular formula is C15H22F2N4O2. The Labute approximate surface area is 133 Å². The molecule has 0 radical (unpaired) electrons. The van der Waals surface area contributed by atoms with Crippen LogP contribution < -0.4 is 5.73 Å². The number of nitrogens with two attached hydrogens (primary N) is 1. The van der Waals surface area contributed by atoms with Gasteiger partial charge >= 0.3 is 6.09 Å². The molecule has 0 bridgehead atoms. The van der Waals surface area contributed by atoms with Crippen LogP contribution in [0.15, 0.2) is 12.4 Å². The van der Waals surface area contributed by atoms with Gasteiger partial charge in [0.05, 0.1) is 12.2 Å². The van der Waals surface area contributed by atoms with Crippen LogP contribution in [0, 0.1) is 0 Å². The molecule has 1 saturated carbocycles. The number of carbonyl (C=O) groups excluding carboxylic acids is 1. The fraction of sp³-hybridized carbons (Fsp3) is 0.733. The minimum absolute atomic E-state index is 0.00475. The smallest absolute Gasteiger partial charge is 0.404 e. The van der Waals surface area contributed by atoms with Gasteiger partial charge in [-0.1, -0.05) is 0 Å². The second-order valence-electron chi connectivity index (χ2n) is 6.46. The van der Waals surface area contributed by atoms with E-state index >= 15 is 0 Å². The van der Waals surface area contributed by atoms with Gasteiger partial charge in [-0.15, -0.1) is 0 Å². The summed E-state index contributed by atoms with van der Waals surface area (Å²) in [5.41, 5.74) is 5.73. The molecule has 1 aliphatic carbocycles. The van der Waals surface area contributed by atoms with Crippen LogP contribution in [0.25, 0.3) is 0 Å². The van der Waals surface area contributed by atoms with Crippen molar-refractivity contribution in [1.29, 1.82) is 0 Å². The number of likely N-dealkylation sites (tertiary alicyclic amines) is 1. The summed E-state index contributed by atoms with van der Waals surface area (Å²) < 4.78 is 33.1. The summed E-state index contributed by atoms with van der Waals surface area (Å²) in [4.78, 5) is 12.9. The topological polar surface area (TPSA) is 73.4 Å². The summed E-state index contributed by atoms with van der Waals surface area (Å²) in [5, 5.41) is 4.32. The lowest BCUT2D eigenvalue weighted by molar-refractivity contribution is -0.0518. The maximum atomic E-state index is 13.3. The van der Waals surface area contributed by atoms with E-state index in [1.54, 1.807) is 6.20 Å². The van der Waals surface area contributed by atoms with Crippen LogP contribution in [0.3, 0.4) is 0 Å². The van der Waals surface area contributed by atoms with E-state index < -0.39 is 12.0 Å². The van der Waals surface area contributed by atoms with Gasteiger partial charge in [-0.2, -0.15) is 5.10 Å².